The van der Waals surface area contributed by atoms with Crippen LogP contribution in [0.1, 0.15) is 44.7 Å². The normalized spacial score (nSPS) is 11.7. The smallest absolute Gasteiger partial charge is 0.418 e. The Kier molecular flexibility index (Phi) is 17.5. The lowest BCUT2D eigenvalue weighted by Gasteiger charge is -2.16. The molecule has 0 radical (unpaired) electrons. The molecule has 1 N–H and O–H groups in total. The fourth-order valence-electron chi connectivity index (χ4n) is 6.60. The van der Waals surface area contributed by atoms with E-state index in [0.717, 1.165) is 39.0 Å². The maximum atomic E-state index is 14.4. The van der Waals surface area contributed by atoms with Gasteiger partial charge in [-0.15, -0.1) is 0 Å². The Morgan fingerprint density at radius 1 is 0.622 bits per heavy atom. The maximum absolute atomic E-state index is 14.4. The number of aromatic nitrogens is 6. The lowest BCUT2D eigenvalue weighted by molar-refractivity contribution is -0.139. The van der Waals surface area contributed by atoms with E-state index in [2.05, 4.69) is 28.5 Å². The van der Waals surface area contributed by atoms with Crippen molar-refractivity contribution in [2.75, 3.05) is 6.61 Å². The molecule has 0 bridgehead atoms. The van der Waals surface area contributed by atoms with E-state index in [4.69, 9.17) is 67.2 Å². The molecule has 0 unspecified atom stereocenters. The zero-order valence-corrected chi connectivity index (χ0v) is 41.3. The number of hydrogen-bond acceptors (Lipinski definition) is 9. The molecule has 0 aliphatic carbocycles. The molecule has 3 aromatic carbocycles. The highest BCUT2D eigenvalue weighted by atomic mass is 35.5. The van der Waals surface area contributed by atoms with E-state index in [1.807, 2.05) is 0 Å². The van der Waals surface area contributed by atoms with Crippen molar-refractivity contribution in [1.82, 2.24) is 29.3 Å². The van der Waals surface area contributed by atoms with Crippen molar-refractivity contribution in [3.05, 3.63) is 180 Å². The predicted molar refractivity (Wildman–Crippen MR) is 249 cm³/mol. The molecule has 29 heteroatoms. The van der Waals surface area contributed by atoms with Crippen LogP contribution in [0.4, 0.5) is 52.7 Å². The van der Waals surface area contributed by atoms with Crippen molar-refractivity contribution >= 4 is 69.0 Å². The van der Waals surface area contributed by atoms with Crippen molar-refractivity contribution in [1.29, 1.82) is 0 Å². The van der Waals surface area contributed by atoms with Gasteiger partial charge in [0.1, 0.15) is 40.9 Å². The van der Waals surface area contributed by atoms with Crippen LogP contribution in [0, 0.1) is 45.1 Å². The number of benzene rings is 3. The Labute approximate surface area is 431 Å². The van der Waals surface area contributed by atoms with Gasteiger partial charge in [-0.2, -0.15) is 68.9 Å². The number of hydrogen-bond donors (Lipinski definition) is 1. The molecule has 0 fully saturated rings. The summed E-state index contributed by atoms with van der Waals surface area (Å²) in [7, 11) is 0. The van der Waals surface area contributed by atoms with Crippen LogP contribution in [-0.4, -0.2) is 41.1 Å². The van der Waals surface area contributed by atoms with E-state index in [1.54, 1.807) is 6.92 Å². The number of furan rings is 1. The topological polar surface area (TPSA) is 147 Å². The van der Waals surface area contributed by atoms with Gasteiger partial charge in [-0.05, 0) is 52.0 Å². The first kappa shape index (κ1) is 58.4. The quantitative estimate of drug-likeness (QED) is 0.147. The van der Waals surface area contributed by atoms with Crippen LogP contribution in [0.15, 0.2) is 90.9 Å². The molecular weight excluding hydrogens is 1130 g/mol. The summed E-state index contributed by atoms with van der Waals surface area (Å²) in [5.41, 5.74) is -10.3. The molecule has 4 aromatic heterocycles. The van der Waals surface area contributed by atoms with Gasteiger partial charge in [0.25, 0.3) is 16.7 Å². The number of aromatic hydroxyl groups is 1. The molecule has 0 aliphatic heterocycles. The number of phenolic OH excluding ortho intramolecular Hbond substituents is 1. The second-order valence-electron chi connectivity index (χ2n) is 15.2. The zero-order chi connectivity index (χ0) is 55.8. The van der Waals surface area contributed by atoms with E-state index in [-0.39, 0.29) is 66.1 Å². The Hall–Kier alpha value is -6.47. The fraction of sp³-hybridized carbons (Fsp3) is 0.200. The molecule has 7 aromatic rings. The molecule has 0 saturated heterocycles. The summed E-state index contributed by atoms with van der Waals surface area (Å²) in [5.74, 6) is -3.14. The molecule has 394 valence electrons. The number of rotatable bonds is 8. The molecule has 0 saturated carbocycles. The zero-order valence-electron chi connectivity index (χ0n) is 37.5. The van der Waals surface area contributed by atoms with E-state index in [9.17, 15) is 72.2 Å². The number of nitrogens with zero attached hydrogens (tertiary/aromatic N) is 6. The maximum Gasteiger partial charge on any atom is 0.418 e. The molecule has 7 rings (SSSR count). The van der Waals surface area contributed by atoms with Crippen LogP contribution in [0.25, 0.3) is 28.0 Å². The minimum Gasteiger partial charge on any atom is -0.506 e. The van der Waals surface area contributed by atoms with Gasteiger partial charge in [-0.1, -0.05) is 71.2 Å². The summed E-state index contributed by atoms with van der Waals surface area (Å²) >= 11 is 28.7. The van der Waals surface area contributed by atoms with Gasteiger partial charge >= 0.3 is 18.5 Å². The van der Waals surface area contributed by atoms with Gasteiger partial charge in [0.05, 0.1) is 55.7 Å². The number of phenols is 1. The molecule has 0 atom stereocenters. The van der Waals surface area contributed by atoms with Gasteiger partial charge in [-0.25, -0.2) is 13.2 Å². The molecule has 4 heterocycles. The van der Waals surface area contributed by atoms with Crippen LogP contribution in [0.5, 0.6) is 11.5 Å². The second-order valence-corrected chi connectivity index (χ2v) is 17.5. The largest absolute Gasteiger partial charge is 0.506 e. The van der Waals surface area contributed by atoms with Crippen LogP contribution < -0.4 is 21.4 Å². The minimum absolute atomic E-state index is 0.0176. The third-order valence-corrected chi connectivity index (χ3v) is 11.2. The van der Waals surface area contributed by atoms with Gasteiger partial charge < -0.3 is 14.3 Å². The number of allylic oxidation sites excluding steroid dienone is 1. The van der Waals surface area contributed by atoms with Gasteiger partial charge in [0.15, 0.2) is 23.0 Å². The average molecular weight is 1160 g/mol. The van der Waals surface area contributed by atoms with Crippen molar-refractivity contribution in [2.45, 2.75) is 52.6 Å². The van der Waals surface area contributed by atoms with E-state index in [0.29, 0.717) is 44.5 Å². The fourth-order valence-corrected chi connectivity index (χ4v) is 7.44. The number of aryl methyl sites for hydroxylation is 1. The van der Waals surface area contributed by atoms with E-state index >= 15 is 0 Å². The molecular formula is C45H29Cl5F12N6O6. The predicted octanol–water partition coefficient (Wildman–Crippen LogP) is 13.2. The minimum atomic E-state index is -4.79. The van der Waals surface area contributed by atoms with Crippen LogP contribution in [-0.2, 0) is 24.9 Å². The Bertz CT molecular complexity index is 3570. The average Bonchev–Trinajstić information content (AvgIpc) is 3.66. The Morgan fingerprint density at radius 3 is 1.50 bits per heavy atom. The number of fused-ring (bicyclic) bond motifs is 1. The van der Waals surface area contributed by atoms with E-state index < -0.39 is 103 Å². The third-order valence-electron chi connectivity index (χ3n) is 10.1. The highest BCUT2D eigenvalue weighted by Crippen LogP contribution is 2.38. The van der Waals surface area contributed by atoms with Crippen LogP contribution in [0.2, 0.25) is 15.1 Å². The molecule has 0 amide bonds. The monoisotopic (exact) mass is 1150 g/mol. The van der Waals surface area contributed by atoms with Crippen LogP contribution in [0.3, 0.4) is 0 Å². The standard InChI is InChI=1S/2C15H10Cl2F4N2O2.C15H9ClF4N2O2/c1-7(16)6-25-13-4-12(11(18)3-10(13)17)23-14(24)8(2)9(5-22-23)15(19,20)21;1-6(16)3-8-12(11(18)4-10(17)13(8)24)23-14(25)7(2)9(5-22-23)15(19,20)21;1-6-3-8-12(11(17)4-10(16)13(8)24-6)22-14(23)7(2)9(5-21-22)15(18,19)20/h3-5H,1,6H2,2H3;4-5,24H,1,3H2,2H3;3-5H,1-2H3. The first-order valence-electron chi connectivity index (χ1n) is 19.9. The Balaban J connectivity index is 0.000000206. The molecule has 0 aliphatic rings. The van der Waals surface area contributed by atoms with Crippen molar-refractivity contribution in [3.8, 4) is 28.6 Å². The lowest BCUT2D eigenvalue weighted by Crippen LogP contribution is -2.28. The van der Waals surface area contributed by atoms with Crippen molar-refractivity contribution in [2.24, 2.45) is 0 Å². The summed E-state index contributed by atoms with van der Waals surface area (Å²) in [6, 6.07) is 4.96. The third kappa shape index (κ3) is 12.5. The molecule has 74 heavy (non-hydrogen) atoms. The van der Waals surface area contributed by atoms with Crippen molar-refractivity contribution in [3.63, 3.8) is 0 Å². The first-order valence-corrected chi connectivity index (χ1v) is 21.8. The summed E-state index contributed by atoms with van der Waals surface area (Å²) in [5, 5.41) is 20.1. The van der Waals surface area contributed by atoms with Crippen molar-refractivity contribution < 1.29 is 66.9 Å². The summed E-state index contributed by atoms with van der Waals surface area (Å²) in [4.78, 5) is 36.8. The molecule has 0 spiro atoms. The number of halogens is 17. The highest BCUT2D eigenvalue weighted by molar-refractivity contribution is 6.35. The first-order chi connectivity index (χ1) is 34.1. The van der Waals surface area contributed by atoms with E-state index in [1.165, 1.54) is 6.07 Å². The summed E-state index contributed by atoms with van der Waals surface area (Å²) in [6.45, 7) is 11.2. The van der Waals surface area contributed by atoms with Crippen LogP contribution >= 0.6 is 58.0 Å². The second kappa shape index (κ2) is 22.2. The SMILES string of the molecule is C=C(Cl)COc1cc(-n2ncc(C(F)(F)F)c(C)c2=O)c(F)cc1Cl.C=C(Cl)Cc1c(O)c(Cl)cc(F)c1-n1ncc(C(F)(F)F)c(C)c1=O.Cc1cc2c(-n3ncc(C(F)(F)F)c(C)c3=O)c(F)cc(Cl)c2o1. The van der Waals surface area contributed by atoms with Gasteiger partial charge in [-0.3, -0.25) is 14.4 Å². The Morgan fingerprint density at radius 2 is 1.04 bits per heavy atom. The molecule has 12 nitrogen and oxygen atoms in total. The summed E-state index contributed by atoms with van der Waals surface area (Å²) in [6.07, 6.45) is -13.2. The number of ether oxygens (including phenoxy) is 1. The van der Waals surface area contributed by atoms with Gasteiger partial charge in [0, 0.05) is 44.8 Å². The highest BCUT2D eigenvalue weighted by Gasteiger charge is 2.37. The summed E-state index contributed by atoms with van der Waals surface area (Å²) < 4.78 is 171. The van der Waals surface area contributed by atoms with Gasteiger partial charge in [0.2, 0.25) is 0 Å². The number of alkyl halides is 9. The lowest BCUT2D eigenvalue weighted by atomic mass is 10.1.